The molecule has 0 aliphatic rings. The molecule has 4 heteroatoms. The third-order valence-corrected chi connectivity index (χ3v) is 0. The van der Waals surface area contributed by atoms with Crippen molar-refractivity contribution >= 4 is 32.5 Å². The van der Waals surface area contributed by atoms with E-state index in [-0.39, 0.29) is 21.7 Å². The predicted molar refractivity (Wildman–Crippen MR) is 18.9 cm³/mol. The molecular formula is Br2OTi. The molecule has 24 valence electrons. The van der Waals surface area contributed by atoms with Gasteiger partial charge < -0.3 is 0 Å². The van der Waals surface area contributed by atoms with Gasteiger partial charge in [0.2, 0.25) is 0 Å². The third-order valence-electron chi connectivity index (χ3n) is 0. The summed E-state index contributed by atoms with van der Waals surface area (Å²) >= 11 is 5.12. The largest absolute Gasteiger partial charge is 0.230 e. The van der Waals surface area contributed by atoms with Crippen LogP contribution in [0.4, 0.5) is 0 Å². The minimum Gasteiger partial charge on any atom is -0.230 e. The van der Waals surface area contributed by atoms with Gasteiger partial charge in [-0.2, -0.15) is 0 Å². The topological polar surface area (TPSA) is 9.23 Å². The molecular weight excluding hydrogens is 224 g/mol. The van der Waals surface area contributed by atoms with Crippen molar-refractivity contribution in [1.29, 1.82) is 0 Å². The first-order valence-electron chi connectivity index (χ1n) is 0.309. The Morgan fingerprint density at radius 1 is 1.25 bits per heavy atom. The molecule has 0 bridgehead atoms. The summed E-state index contributed by atoms with van der Waals surface area (Å²) < 4.78 is 3.88. The Morgan fingerprint density at radius 2 is 1.25 bits per heavy atom. The average molecular weight is 224 g/mol. The van der Waals surface area contributed by atoms with Crippen molar-refractivity contribution in [2.45, 2.75) is 0 Å². The van der Waals surface area contributed by atoms with Crippen LogP contribution in [0.2, 0.25) is 0 Å². The molecule has 4 heavy (non-hydrogen) atoms. The van der Waals surface area contributed by atoms with Gasteiger partial charge in [-0.25, -0.2) is 2.92 Å². The van der Waals surface area contributed by atoms with E-state index in [1.165, 1.54) is 0 Å². The molecule has 0 aromatic rings. The average Bonchev–Trinajstić information content (AvgIpc) is 0.918. The van der Waals surface area contributed by atoms with E-state index in [1.807, 2.05) is 0 Å². The van der Waals surface area contributed by atoms with Crippen LogP contribution in [-0.2, 0) is 24.6 Å². The Morgan fingerprint density at radius 3 is 1.25 bits per heavy atom. The van der Waals surface area contributed by atoms with Crippen molar-refractivity contribution in [3.05, 3.63) is 0 Å². The zero-order chi connectivity index (χ0) is 2.71. The Balaban J connectivity index is 0. The maximum Gasteiger partial charge on any atom is 0.115 e. The second-order valence-corrected chi connectivity index (χ2v) is 1.57. The second-order valence-electron chi connectivity index (χ2n) is 0.0583. The summed E-state index contributed by atoms with van der Waals surface area (Å²) in [4.78, 5) is 0. The zero-order valence-electron chi connectivity index (χ0n) is 1.66. The molecule has 0 fully saturated rings. The van der Waals surface area contributed by atoms with Crippen molar-refractivity contribution in [3.63, 3.8) is 0 Å². The zero-order valence-corrected chi connectivity index (χ0v) is 6.40. The quantitative estimate of drug-likeness (QED) is 0.567. The van der Waals surface area contributed by atoms with Crippen LogP contribution in [-0.4, -0.2) is 0 Å². The second kappa shape index (κ2) is 8.82. The normalized spacial score (nSPS) is 4.50. The molecule has 0 aromatic heterocycles. The van der Waals surface area contributed by atoms with Crippen LogP contribution < -0.4 is 0 Å². The van der Waals surface area contributed by atoms with Gasteiger partial charge >= 0.3 is 0 Å². The molecule has 0 amide bonds. The van der Waals surface area contributed by atoms with Crippen LogP contribution in [0.3, 0.4) is 0 Å². The Bertz CT molecular complexity index is 6.00. The van der Waals surface area contributed by atoms with Crippen molar-refractivity contribution < 1.29 is 24.6 Å². The van der Waals surface area contributed by atoms with Crippen LogP contribution in [0.1, 0.15) is 0 Å². The monoisotopic (exact) mass is 222 g/mol. The summed E-state index contributed by atoms with van der Waals surface area (Å²) in [5.74, 6) is 0. The molecule has 0 unspecified atom stereocenters. The fourth-order valence-electron chi connectivity index (χ4n) is 0. The van der Waals surface area contributed by atoms with Crippen LogP contribution in [0.15, 0.2) is 0 Å². The van der Waals surface area contributed by atoms with E-state index in [4.69, 9.17) is 0 Å². The molecule has 0 radical (unpaired) electrons. The number of halogens is 2. The molecule has 0 saturated carbocycles. The van der Waals surface area contributed by atoms with Gasteiger partial charge in [-0.1, -0.05) is 0 Å². The summed E-state index contributed by atoms with van der Waals surface area (Å²) in [6, 6.07) is 0. The van der Waals surface area contributed by atoms with Gasteiger partial charge in [0.25, 0.3) is 0 Å². The third kappa shape index (κ3) is 9.44. The van der Waals surface area contributed by atoms with E-state index in [0.717, 1.165) is 0 Å². The summed E-state index contributed by atoms with van der Waals surface area (Å²) in [5.41, 5.74) is 0. The van der Waals surface area contributed by atoms with E-state index in [0.29, 0.717) is 0 Å². The van der Waals surface area contributed by atoms with Gasteiger partial charge in [-0.05, 0) is 0 Å². The minimum absolute atomic E-state index is 0. The van der Waals surface area contributed by atoms with E-state index in [2.05, 4.69) is 35.4 Å². The SMILES string of the molecule is BrOBr.[Ti]. The first-order chi connectivity index (χ1) is 1.41. The van der Waals surface area contributed by atoms with Gasteiger partial charge in [0, 0.05) is 21.7 Å². The molecule has 0 saturated heterocycles. The van der Waals surface area contributed by atoms with E-state index in [1.54, 1.807) is 0 Å². The van der Waals surface area contributed by atoms with Gasteiger partial charge in [-0.15, -0.1) is 0 Å². The van der Waals surface area contributed by atoms with Crippen molar-refractivity contribution in [3.8, 4) is 0 Å². The van der Waals surface area contributed by atoms with Crippen molar-refractivity contribution in [2.24, 2.45) is 0 Å². The minimum atomic E-state index is 0. The summed E-state index contributed by atoms with van der Waals surface area (Å²) in [6.07, 6.45) is 0. The van der Waals surface area contributed by atoms with Gasteiger partial charge in [0.1, 0.15) is 32.5 Å². The fraction of sp³-hybridized carbons (Fsp3) is 0. The molecule has 0 spiro atoms. The predicted octanol–water partition coefficient (Wildman–Crippen LogP) is 1.62. The van der Waals surface area contributed by atoms with Gasteiger partial charge in [-0.3, -0.25) is 0 Å². The number of hydrogen-bond donors (Lipinski definition) is 0. The number of rotatable bonds is 0. The van der Waals surface area contributed by atoms with E-state index >= 15 is 0 Å². The van der Waals surface area contributed by atoms with Crippen LogP contribution >= 0.6 is 32.5 Å². The maximum atomic E-state index is 3.88. The summed E-state index contributed by atoms with van der Waals surface area (Å²) in [5, 5.41) is 0. The molecule has 0 aromatic carbocycles. The molecule has 0 heterocycles. The van der Waals surface area contributed by atoms with Gasteiger partial charge in [0.05, 0.1) is 0 Å². The standard InChI is InChI=1S/Br2O.Ti/c1-3-2;. The van der Waals surface area contributed by atoms with Gasteiger partial charge in [0.15, 0.2) is 0 Å². The first-order valence-corrected chi connectivity index (χ1v) is 1.60. The molecule has 0 atom stereocenters. The Kier molecular flexibility index (Phi) is 20.2. The van der Waals surface area contributed by atoms with E-state index < -0.39 is 0 Å². The van der Waals surface area contributed by atoms with Crippen molar-refractivity contribution in [2.75, 3.05) is 0 Å². The smallest absolute Gasteiger partial charge is 0.115 e. The Labute approximate surface area is 56.9 Å². The van der Waals surface area contributed by atoms with E-state index in [9.17, 15) is 0 Å². The first kappa shape index (κ1) is 9.16. The number of hydrogen-bond acceptors (Lipinski definition) is 1. The Hall–Kier alpha value is 1.63. The van der Waals surface area contributed by atoms with Crippen LogP contribution in [0.25, 0.3) is 0 Å². The van der Waals surface area contributed by atoms with Crippen LogP contribution in [0.5, 0.6) is 0 Å². The fourth-order valence-corrected chi connectivity index (χ4v) is 0. The maximum absolute atomic E-state index is 3.88. The van der Waals surface area contributed by atoms with Crippen LogP contribution in [0, 0.1) is 0 Å². The molecule has 1 nitrogen and oxygen atoms in total. The molecule has 0 aliphatic carbocycles. The molecule has 0 aliphatic heterocycles. The molecule has 0 rings (SSSR count). The molecule has 0 N–H and O–H groups in total. The summed E-state index contributed by atoms with van der Waals surface area (Å²) in [7, 11) is 0. The summed E-state index contributed by atoms with van der Waals surface area (Å²) in [6.45, 7) is 0. The van der Waals surface area contributed by atoms with Crippen molar-refractivity contribution in [1.82, 2.24) is 0 Å².